The maximum absolute atomic E-state index is 8.74. The molecule has 0 aliphatic heterocycles. The minimum atomic E-state index is 0.175. The fourth-order valence-corrected chi connectivity index (χ4v) is 1.73. The maximum Gasteiger partial charge on any atom is 0.204 e. The molecule has 86 valence electrons. The van der Waals surface area contributed by atoms with Crippen molar-refractivity contribution < 1.29 is 5.11 Å². The molecule has 0 radical (unpaired) electrons. The molecule has 0 bridgehead atoms. The second kappa shape index (κ2) is 5.70. The zero-order valence-electron chi connectivity index (χ0n) is 8.80. The number of rotatable bonds is 5. The molecule has 1 aromatic rings. The molecule has 2 N–H and O–H groups in total. The van der Waals surface area contributed by atoms with Crippen LogP contribution in [0.3, 0.4) is 0 Å². The molecular weight excluding hydrogens is 237 g/mol. The van der Waals surface area contributed by atoms with Gasteiger partial charge >= 0.3 is 0 Å². The van der Waals surface area contributed by atoms with E-state index in [2.05, 4.69) is 10.3 Å². The monoisotopic (exact) mass is 251 g/mol. The predicted molar refractivity (Wildman–Crippen MR) is 61.2 cm³/mol. The van der Waals surface area contributed by atoms with Crippen molar-refractivity contribution in [1.29, 1.82) is 0 Å². The second-order valence-electron chi connectivity index (χ2n) is 3.47. The quantitative estimate of drug-likeness (QED) is 0.836. The highest BCUT2D eigenvalue weighted by atomic mass is 35.5. The van der Waals surface area contributed by atoms with Crippen LogP contribution in [0, 0.1) is 0 Å². The average molecular weight is 252 g/mol. The Labute approximate surface area is 99.2 Å². The number of aliphatic hydroxyl groups is 1. The van der Waals surface area contributed by atoms with Crippen LogP contribution >= 0.6 is 23.2 Å². The third-order valence-electron chi connectivity index (χ3n) is 2.29. The van der Waals surface area contributed by atoms with Gasteiger partial charge in [0.25, 0.3) is 0 Å². The number of hydrogen-bond acceptors (Lipinski definition) is 3. The zero-order chi connectivity index (χ0) is 11.4. The normalized spacial score (nSPS) is 13.1. The fourth-order valence-electron chi connectivity index (χ4n) is 1.23. The van der Waals surface area contributed by atoms with E-state index < -0.39 is 0 Å². The van der Waals surface area contributed by atoms with Crippen molar-refractivity contribution in [1.82, 2.24) is 14.9 Å². The Morgan fingerprint density at radius 2 is 2.20 bits per heavy atom. The molecule has 0 aliphatic rings. The molecule has 4 nitrogen and oxygen atoms in total. The summed E-state index contributed by atoms with van der Waals surface area (Å²) in [5.74, 6) is 0. The van der Waals surface area contributed by atoms with Crippen molar-refractivity contribution in [2.75, 3.05) is 6.61 Å². The van der Waals surface area contributed by atoms with Crippen molar-refractivity contribution in [2.45, 2.75) is 25.9 Å². The minimum Gasteiger partial charge on any atom is -0.396 e. The molecule has 0 amide bonds. The first-order valence-corrected chi connectivity index (χ1v) is 5.52. The molecule has 0 saturated heterocycles. The minimum absolute atomic E-state index is 0.175. The number of imidazole rings is 1. The van der Waals surface area contributed by atoms with Gasteiger partial charge in [0.15, 0.2) is 5.15 Å². The van der Waals surface area contributed by atoms with Crippen LogP contribution in [-0.4, -0.2) is 27.3 Å². The first-order valence-electron chi connectivity index (χ1n) is 4.77. The standard InChI is InChI=1S/C9H15Cl2N3O/c1-6(3-4-15)12-5-7-8(10)13-9(11)14(7)2/h6,12,15H,3-5H2,1-2H3. The van der Waals surface area contributed by atoms with Crippen LogP contribution in [0.4, 0.5) is 0 Å². The van der Waals surface area contributed by atoms with Crippen LogP contribution < -0.4 is 5.32 Å². The second-order valence-corrected chi connectivity index (χ2v) is 4.17. The molecule has 0 saturated carbocycles. The summed E-state index contributed by atoms with van der Waals surface area (Å²) in [7, 11) is 1.81. The SMILES string of the molecule is CC(CCO)NCc1c(Cl)nc(Cl)n1C. The lowest BCUT2D eigenvalue weighted by Gasteiger charge is -2.12. The van der Waals surface area contributed by atoms with E-state index in [4.69, 9.17) is 28.3 Å². The summed E-state index contributed by atoms with van der Waals surface area (Å²) >= 11 is 11.7. The summed E-state index contributed by atoms with van der Waals surface area (Å²) in [4.78, 5) is 3.94. The maximum atomic E-state index is 8.74. The zero-order valence-corrected chi connectivity index (χ0v) is 10.3. The largest absolute Gasteiger partial charge is 0.396 e. The third-order valence-corrected chi connectivity index (χ3v) is 2.93. The van der Waals surface area contributed by atoms with Crippen molar-refractivity contribution in [2.24, 2.45) is 7.05 Å². The highest BCUT2D eigenvalue weighted by Gasteiger charge is 2.11. The van der Waals surface area contributed by atoms with E-state index >= 15 is 0 Å². The van der Waals surface area contributed by atoms with Gasteiger partial charge in [0.05, 0.1) is 5.69 Å². The Balaban J connectivity index is 2.57. The van der Waals surface area contributed by atoms with Gasteiger partial charge in [-0.2, -0.15) is 0 Å². The van der Waals surface area contributed by atoms with Crippen LogP contribution in [-0.2, 0) is 13.6 Å². The first kappa shape index (κ1) is 12.8. The van der Waals surface area contributed by atoms with E-state index in [1.807, 2.05) is 14.0 Å². The number of nitrogens with one attached hydrogen (secondary N) is 1. The molecule has 6 heteroatoms. The molecule has 1 unspecified atom stereocenters. The molecule has 1 heterocycles. The Bertz CT molecular complexity index is 327. The smallest absolute Gasteiger partial charge is 0.204 e. The van der Waals surface area contributed by atoms with Gasteiger partial charge < -0.3 is 15.0 Å². The van der Waals surface area contributed by atoms with Gasteiger partial charge in [-0.1, -0.05) is 11.6 Å². The van der Waals surface area contributed by atoms with Gasteiger partial charge in [0.1, 0.15) is 0 Å². The van der Waals surface area contributed by atoms with Crippen LogP contribution in [0.2, 0.25) is 10.4 Å². The topological polar surface area (TPSA) is 50.1 Å². The number of aliphatic hydroxyl groups excluding tert-OH is 1. The van der Waals surface area contributed by atoms with E-state index in [0.717, 1.165) is 5.69 Å². The van der Waals surface area contributed by atoms with Crippen LogP contribution in [0.25, 0.3) is 0 Å². The molecule has 0 fully saturated rings. The van der Waals surface area contributed by atoms with E-state index in [-0.39, 0.29) is 12.6 Å². The highest BCUT2D eigenvalue weighted by molar-refractivity contribution is 6.32. The van der Waals surface area contributed by atoms with Gasteiger partial charge in [0.2, 0.25) is 5.28 Å². The number of halogens is 2. The van der Waals surface area contributed by atoms with E-state index in [9.17, 15) is 0 Å². The molecule has 0 spiro atoms. The molecule has 0 aliphatic carbocycles. The summed E-state index contributed by atoms with van der Waals surface area (Å²) in [6.07, 6.45) is 0.712. The van der Waals surface area contributed by atoms with Crippen molar-refractivity contribution >= 4 is 23.2 Å². The van der Waals surface area contributed by atoms with Gasteiger partial charge in [-0.25, -0.2) is 4.98 Å². The Kier molecular flexibility index (Phi) is 4.86. The number of nitrogens with zero attached hydrogens (tertiary/aromatic N) is 2. The van der Waals surface area contributed by atoms with E-state index in [0.29, 0.717) is 23.4 Å². The van der Waals surface area contributed by atoms with Gasteiger partial charge in [0, 0.05) is 26.2 Å². The number of hydrogen-bond donors (Lipinski definition) is 2. The molecule has 1 rings (SSSR count). The first-order chi connectivity index (χ1) is 7.06. The van der Waals surface area contributed by atoms with Crippen molar-refractivity contribution in [3.8, 4) is 0 Å². The lowest BCUT2D eigenvalue weighted by molar-refractivity contribution is 0.268. The molecule has 15 heavy (non-hydrogen) atoms. The van der Waals surface area contributed by atoms with E-state index in [1.54, 1.807) is 4.57 Å². The Morgan fingerprint density at radius 1 is 1.53 bits per heavy atom. The summed E-state index contributed by atoms with van der Waals surface area (Å²) in [5, 5.41) is 12.8. The van der Waals surface area contributed by atoms with Gasteiger partial charge in [-0.15, -0.1) is 0 Å². The van der Waals surface area contributed by atoms with Crippen LogP contribution in [0.5, 0.6) is 0 Å². The molecule has 1 atom stereocenters. The van der Waals surface area contributed by atoms with E-state index in [1.165, 1.54) is 0 Å². The van der Waals surface area contributed by atoms with Crippen LogP contribution in [0.1, 0.15) is 19.0 Å². The Hall–Kier alpha value is -0.290. The molecular formula is C9H15Cl2N3O. The average Bonchev–Trinajstić information content (AvgIpc) is 2.40. The number of aromatic nitrogens is 2. The van der Waals surface area contributed by atoms with Crippen molar-refractivity contribution in [3.63, 3.8) is 0 Å². The lowest BCUT2D eigenvalue weighted by atomic mass is 10.2. The van der Waals surface area contributed by atoms with Gasteiger partial charge in [-0.3, -0.25) is 0 Å². The van der Waals surface area contributed by atoms with Gasteiger partial charge in [-0.05, 0) is 24.9 Å². The summed E-state index contributed by atoms with van der Waals surface area (Å²) in [6.45, 7) is 2.77. The fraction of sp³-hybridized carbons (Fsp3) is 0.667. The summed E-state index contributed by atoms with van der Waals surface area (Å²) < 4.78 is 1.74. The highest BCUT2D eigenvalue weighted by Crippen LogP contribution is 2.19. The third kappa shape index (κ3) is 3.34. The summed E-state index contributed by atoms with van der Waals surface area (Å²) in [6, 6.07) is 0.236. The Morgan fingerprint density at radius 3 is 2.67 bits per heavy atom. The predicted octanol–water partition coefficient (Wildman–Crippen LogP) is 1.59. The molecule has 0 aromatic carbocycles. The lowest BCUT2D eigenvalue weighted by Crippen LogP contribution is -2.27. The van der Waals surface area contributed by atoms with Crippen LogP contribution in [0.15, 0.2) is 0 Å². The summed E-state index contributed by atoms with van der Waals surface area (Å²) in [5.41, 5.74) is 0.853. The van der Waals surface area contributed by atoms with Crippen molar-refractivity contribution in [3.05, 3.63) is 16.1 Å². The molecule has 1 aromatic heterocycles.